The number of halogens is 2. The minimum atomic E-state index is -0.975. The van der Waals surface area contributed by atoms with Gasteiger partial charge in [-0.2, -0.15) is 0 Å². The Morgan fingerprint density at radius 1 is 1.03 bits per heavy atom. The summed E-state index contributed by atoms with van der Waals surface area (Å²) in [6, 6.07) is 11.7. The standard InChI is InChI=1S/C25H22F2N2O3S/c26-17-8-4-15(5-9-17)23(16-6-10-18(27)11-7-16)32-13-19(30)12-29-14-28-24-22(25(29)31)20-2-1-3-21(20)33-24/h4-11,14,19,23,30H,1-3,12-13H2. The average Bonchev–Trinajstić information content (AvgIpc) is 3.39. The number of hydrogen-bond acceptors (Lipinski definition) is 5. The van der Waals surface area contributed by atoms with Gasteiger partial charge in [0.25, 0.3) is 5.56 Å². The molecule has 0 bridgehead atoms. The zero-order valence-electron chi connectivity index (χ0n) is 17.7. The molecule has 5 nitrogen and oxygen atoms in total. The van der Waals surface area contributed by atoms with Crippen LogP contribution in [-0.2, 0) is 24.1 Å². The van der Waals surface area contributed by atoms with E-state index in [1.54, 1.807) is 35.6 Å². The Hall–Kier alpha value is -2.94. The molecule has 4 aromatic rings. The lowest BCUT2D eigenvalue weighted by Crippen LogP contribution is -2.30. The lowest BCUT2D eigenvalue weighted by Gasteiger charge is -2.21. The largest absolute Gasteiger partial charge is 0.389 e. The second-order valence-electron chi connectivity index (χ2n) is 8.21. The van der Waals surface area contributed by atoms with Crippen LogP contribution >= 0.6 is 11.3 Å². The van der Waals surface area contributed by atoms with Crippen molar-refractivity contribution in [1.82, 2.24) is 9.55 Å². The smallest absolute Gasteiger partial charge is 0.262 e. The minimum Gasteiger partial charge on any atom is -0.389 e. The molecule has 33 heavy (non-hydrogen) atoms. The lowest BCUT2D eigenvalue weighted by molar-refractivity contribution is -0.00103. The van der Waals surface area contributed by atoms with Crippen LogP contribution in [0.1, 0.15) is 34.1 Å². The van der Waals surface area contributed by atoms with Gasteiger partial charge in [0.05, 0.1) is 31.0 Å². The van der Waals surface area contributed by atoms with Crippen LogP contribution in [-0.4, -0.2) is 27.4 Å². The van der Waals surface area contributed by atoms with Crippen LogP contribution < -0.4 is 5.56 Å². The van der Waals surface area contributed by atoms with E-state index in [9.17, 15) is 18.7 Å². The van der Waals surface area contributed by atoms with E-state index in [0.29, 0.717) is 16.5 Å². The number of rotatable bonds is 7. The van der Waals surface area contributed by atoms with Gasteiger partial charge in [-0.25, -0.2) is 13.8 Å². The highest BCUT2D eigenvalue weighted by Gasteiger charge is 2.22. The molecule has 1 atom stereocenters. The van der Waals surface area contributed by atoms with Crippen LogP contribution in [0.5, 0.6) is 0 Å². The highest BCUT2D eigenvalue weighted by Crippen LogP contribution is 2.34. The molecule has 0 radical (unpaired) electrons. The highest BCUT2D eigenvalue weighted by atomic mass is 32.1. The molecule has 1 unspecified atom stereocenters. The van der Waals surface area contributed by atoms with E-state index in [1.165, 1.54) is 40.0 Å². The Balaban J connectivity index is 1.34. The summed E-state index contributed by atoms with van der Waals surface area (Å²) in [5, 5.41) is 11.3. The van der Waals surface area contributed by atoms with Crippen LogP contribution in [0.4, 0.5) is 8.78 Å². The maximum Gasteiger partial charge on any atom is 0.262 e. The summed E-state index contributed by atoms with van der Waals surface area (Å²) >= 11 is 1.57. The first-order valence-corrected chi connectivity index (χ1v) is 11.6. The van der Waals surface area contributed by atoms with Gasteiger partial charge in [0.1, 0.15) is 22.6 Å². The summed E-state index contributed by atoms with van der Waals surface area (Å²) in [5.41, 5.74) is 2.29. The van der Waals surface area contributed by atoms with Gasteiger partial charge in [-0.3, -0.25) is 9.36 Å². The van der Waals surface area contributed by atoms with Gasteiger partial charge in [0, 0.05) is 4.88 Å². The van der Waals surface area contributed by atoms with E-state index in [0.717, 1.165) is 29.7 Å². The molecule has 0 amide bonds. The fourth-order valence-electron chi connectivity index (χ4n) is 4.30. The Kier molecular flexibility index (Phi) is 6.05. The maximum absolute atomic E-state index is 13.4. The molecule has 2 aromatic carbocycles. The third-order valence-electron chi connectivity index (χ3n) is 5.90. The fraction of sp³-hybridized carbons (Fsp3) is 0.280. The van der Waals surface area contributed by atoms with Crippen LogP contribution in [0.25, 0.3) is 10.2 Å². The van der Waals surface area contributed by atoms with Gasteiger partial charge in [-0.05, 0) is 60.2 Å². The fourth-order valence-corrected chi connectivity index (χ4v) is 5.52. The number of ether oxygens (including phenoxy) is 1. The summed E-state index contributed by atoms with van der Waals surface area (Å²) in [6.07, 6.45) is 2.79. The Labute approximate surface area is 192 Å². The third-order valence-corrected chi connectivity index (χ3v) is 7.10. The molecule has 8 heteroatoms. The van der Waals surface area contributed by atoms with Gasteiger partial charge in [-0.15, -0.1) is 11.3 Å². The van der Waals surface area contributed by atoms with Gasteiger partial charge in [-0.1, -0.05) is 24.3 Å². The zero-order valence-corrected chi connectivity index (χ0v) is 18.5. The molecule has 0 fully saturated rings. The predicted molar refractivity (Wildman–Crippen MR) is 123 cm³/mol. The number of benzene rings is 2. The van der Waals surface area contributed by atoms with Crippen molar-refractivity contribution in [3.63, 3.8) is 0 Å². The van der Waals surface area contributed by atoms with Crippen molar-refractivity contribution in [3.05, 3.63) is 98.4 Å². The number of hydrogen-bond donors (Lipinski definition) is 1. The quantitative estimate of drug-likeness (QED) is 0.437. The van der Waals surface area contributed by atoms with E-state index in [2.05, 4.69) is 4.98 Å². The zero-order chi connectivity index (χ0) is 22.9. The topological polar surface area (TPSA) is 64.4 Å². The Morgan fingerprint density at radius 2 is 1.67 bits per heavy atom. The highest BCUT2D eigenvalue weighted by molar-refractivity contribution is 7.18. The average molecular weight is 469 g/mol. The predicted octanol–water partition coefficient (Wildman–Crippen LogP) is 4.39. The van der Waals surface area contributed by atoms with Gasteiger partial charge in [0.15, 0.2) is 0 Å². The van der Waals surface area contributed by atoms with Crippen LogP contribution in [0.2, 0.25) is 0 Å². The molecule has 0 saturated heterocycles. The monoisotopic (exact) mass is 468 g/mol. The van der Waals surface area contributed by atoms with E-state index in [-0.39, 0.29) is 30.3 Å². The van der Waals surface area contributed by atoms with E-state index in [4.69, 9.17) is 4.74 Å². The summed E-state index contributed by atoms with van der Waals surface area (Å²) in [6.45, 7) is -0.0441. The Morgan fingerprint density at radius 3 is 2.30 bits per heavy atom. The van der Waals surface area contributed by atoms with Gasteiger partial charge < -0.3 is 9.84 Å². The number of aromatic nitrogens is 2. The SMILES string of the molecule is O=c1c2c3c(sc2ncn1CC(O)COC(c1ccc(F)cc1)c1ccc(F)cc1)CCC3. The van der Waals surface area contributed by atoms with Crippen molar-refractivity contribution in [2.75, 3.05) is 6.61 Å². The lowest BCUT2D eigenvalue weighted by atomic mass is 10.0. The number of aliphatic hydroxyl groups is 1. The molecule has 0 saturated carbocycles. The second-order valence-corrected chi connectivity index (χ2v) is 9.29. The van der Waals surface area contributed by atoms with Crippen molar-refractivity contribution in [2.24, 2.45) is 0 Å². The molecular weight excluding hydrogens is 446 g/mol. The first kappa shape index (κ1) is 21.9. The molecule has 2 aromatic heterocycles. The first-order chi connectivity index (χ1) is 16.0. The second kappa shape index (κ2) is 9.13. The van der Waals surface area contributed by atoms with Gasteiger partial charge >= 0.3 is 0 Å². The number of aliphatic hydroxyl groups excluding tert-OH is 1. The summed E-state index contributed by atoms with van der Waals surface area (Å²) in [5.74, 6) is -0.752. The number of thiophene rings is 1. The van der Waals surface area contributed by atoms with Crippen LogP contribution in [0.3, 0.4) is 0 Å². The molecule has 1 aliphatic rings. The first-order valence-electron chi connectivity index (χ1n) is 10.8. The summed E-state index contributed by atoms with van der Waals surface area (Å²) < 4.78 is 34.2. The third kappa shape index (κ3) is 4.46. The van der Waals surface area contributed by atoms with Crippen LogP contribution in [0.15, 0.2) is 59.7 Å². The number of aryl methyl sites for hydroxylation is 2. The van der Waals surface area contributed by atoms with Crippen molar-refractivity contribution in [1.29, 1.82) is 0 Å². The van der Waals surface area contributed by atoms with Crippen molar-refractivity contribution >= 4 is 21.6 Å². The normalized spacial score (nSPS) is 14.2. The van der Waals surface area contributed by atoms with E-state index < -0.39 is 12.2 Å². The number of nitrogens with zero attached hydrogens (tertiary/aromatic N) is 2. The molecular formula is C25H22F2N2O3S. The maximum atomic E-state index is 13.4. The molecule has 1 N–H and O–H groups in total. The van der Waals surface area contributed by atoms with Crippen molar-refractivity contribution in [3.8, 4) is 0 Å². The van der Waals surface area contributed by atoms with E-state index >= 15 is 0 Å². The van der Waals surface area contributed by atoms with E-state index in [1.807, 2.05) is 0 Å². The van der Waals surface area contributed by atoms with Crippen molar-refractivity contribution in [2.45, 2.75) is 38.0 Å². The molecule has 2 heterocycles. The molecule has 170 valence electrons. The number of fused-ring (bicyclic) bond motifs is 3. The van der Waals surface area contributed by atoms with Gasteiger partial charge in [0.2, 0.25) is 0 Å². The molecule has 0 aliphatic heterocycles. The molecule has 0 spiro atoms. The van der Waals surface area contributed by atoms with Crippen molar-refractivity contribution < 1.29 is 18.6 Å². The summed E-state index contributed by atoms with van der Waals surface area (Å²) in [4.78, 5) is 19.4. The summed E-state index contributed by atoms with van der Waals surface area (Å²) in [7, 11) is 0. The minimum absolute atomic E-state index is 0.0337. The Bertz CT molecular complexity index is 1290. The van der Waals surface area contributed by atoms with Crippen LogP contribution in [0, 0.1) is 11.6 Å². The molecule has 5 rings (SSSR count). The molecule has 1 aliphatic carbocycles.